The van der Waals surface area contributed by atoms with Crippen LogP contribution in [-0.2, 0) is 22.5 Å². The summed E-state index contributed by atoms with van der Waals surface area (Å²) >= 11 is 0. The molecule has 0 saturated carbocycles. The lowest BCUT2D eigenvalue weighted by molar-refractivity contribution is -0.142. The maximum Gasteiger partial charge on any atom is 0.415 e. The van der Waals surface area contributed by atoms with Gasteiger partial charge < -0.3 is 34.2 Å². The molecule has 10 nitrogen and oxygen atoms in total. The van der Waals surface area contributed by atoms with Gasteiger partial charge in [-0.15, -0.1) is 0 Å². The lowest BCUT2D eigenvalue weighted by atomic mass is 9.84. The number of hydrogen-bond acceptors (Lipinski definition) is 7. The highest BCUT2D eigenvalue weighted by Gasteiger charge is 2.46. The van der Waals surface area contributed by atoms with E-state index in [-0.39, 0.29) is 24.3 Å². The van der Waals surface area contributed by atoms with E-state index in [1.54, 1.807) is 0 Å². The third-order valence-electron chi connectivity index (χ3n) is 8.62. The molecule has 10 heteroatoms. The van der Waals surface area contributed by atoms with Crippen LogP contribution in [0, 0.1) is 0 Å². The summed E-state index contributed by atoms with van der Waals surface area (Å²) in [5, 5.41) is 21.3. The molecule has 3 aliphatic rings. The van der Waals surface area contributed by atoms with E-state index in [0.29, 0.717) is 68.9 Å². The van der Waals surface area contributed by atoms with Crippen LogP contribution in [0.25, 0.3) is 0 Å². The summed E-state index contributed by atoms with van der Waals surface area (Å²) in [5.41, 5.74) is 2.94. The molecule has 1 fully saturated rings. The van der Waals surface area contributed by atoms with Gasteiger partial charge in [-0.3, -0.25) is 4.79 Å². The molecule has 3 aliphatic heterocycles. The SMILES string of the molecule is CCCC(C(=O)O)N1Cc2c(cc(OC(=O)N3CCOCC3)c3c2O[C@](C)(CC/C=C(\C)CCC=C(C)C)[C@@H](O)C3)C1=O. The molecule has 0 aliphatic carbocycles. The number of ether oxygens (including phenoxy) is 3. The van der Waals surface area contributed by atoms with Gasteiger partial charge in [0, 0.05) is 30.6 Å². The number of benzene rings is 1. The zero-order valence-electron chi connectivity index (χ0n) is 26.1. The van der Waals surface area contributed by atoms with E-state index < -0.39 is 35.7 Å². The molecule has 3 heterocycles. The quantitative estimate of drug-likeness (QED) is 0.331. The number of fused-ring (bicyclic) bond motifs is 3. The van der Waals surface area contributed by atoms with Crippen LogP contribution in [0.15, 0.2) is 29.4 Å². The Morgan fingerprint density at radius 3 is 2.53 bits per heavy atom. The normalized spacial score (nSPS) is 22.4. The number of aliphatic carboxylic acids is 1. The zero-order valence-corrected chi connectivity index (χ0v) is 26.1. The van der Waals surface area contributed by atoms with Crippen LogP contribution in [-0.4, -0.2) is 82.0 Å². The molecule has 236 valence electrons. The Bertz CT molecular complexity index is 1280. The number of allylic oxidation sites excluding steroid dienone is 4. The fraction of sp³-hybridized carbons (Fsp3) is 0.606. The summed E-state index contributed by atoms with van der Waals surface area (Å²) in [4.78, 5) is 41.7. The molecule has 1 unspecified atom stereocenters. The lowest BCUT2D eigenvalue weighted by Crippen LogP contribution is -2.49. The minimum atomic E-state index is -1.07. The standard InChI is InChI=1S/C33H46N2O8/c1-6-9-26(31(38)39)35-20-25-23(30(35)37)18-27(42-32(40)34-14-16-41-17-15-34)24-19-28(36)33(5,43-29(24)25)13-8-12-22(4)11-7-10-21(2)3/h10,12,18,26,28,36H,6-9,11,13-17,19-20H2,1-5H3,(H,38,39)/b22-12+/t26?,28-,33+/m0/s1. The molecule has 1 aromatic rings. The van der Waals surface area contributed by atoms with Crippen LogP contribution in [0.1, 0.15) is 94.6 Å². The van der Waals surface area contributed by atoms with Gasteiger partial charge in [0.05, 0.1) is 31.4 Å². The topological polar surface area (TPSA) is 126 Å². The summed E-state index contributed by atoms with van der Waals surface area (Å²) in [6, 6.07) is 0.525. The number of aliphatic hydroxyl groups is 1. The van der Waals surface area contributed by atoms with Crippen LogP contribution < -0.4 is 9.47 Å². The first-order chi connectivity index (χ1) is 20.4. The Morgan fingerprint density at radius 2 is 1.88 bits per heavy atom. The number of aliphatic hydroxyl groups excluding tert-OH is 1. The number of carbonyl (C=O) groups is 3. The predicted molar refractivity (Wildman–Crippen MR) is 161 cm³/mol. The van der Waals surface area contributed by atoms with Gasteiger partial charge in [-0.1, -0.05) is 36.6 Å². The van der Waals surface area contributed by atoms with Gasteiger partial charge in [-0.25, -0.2) is 9.59 Å². The Balaban J connectivity index is 1.65. The second kappa shape index (κ2) is 13.9. The first-order valence-corrected chi connectivity index (χ1v) is 15.4. The van der Waals surface area contributed by atoms with Gasteiger partial charge in [0.25, 0.3) is 5.91 Å². The number of amides is 2. The molecular formula is C33H46N2O8. The van der Waals surface area contributed by atoms with Gasteiger partial charge >= 0.3 is 12.1 Å². The number of carboxylic acids is 1. The second-order valence-electron chi connectivity index (χ2n) is 12.3. The molecule has 4 rings (SSSR count). The molecule has 2 N–H and O–H groups in total. The summed E-state index contributed by atoms with van der Waals surface area (Å²) < 4.78 is 17.8. The maximum atomic E-state index is 13.6. The van der Waals surface area contributed by atoms with Crippen molar-refractivity contribution in [2.75, 3.05) is 26.3 Å². The molecule has 1 aromatic carbocycles. The number of hydrogen-bond donors (Lipinski definition) is 2. The van der Waals surface area contributed by atoms with Gasteiger partial charge in [-0.05, 0) is 65.9 Å². The van der Waals surface area contributed by atoms with Crippen LogP contribution in [0.2, 0.25) is 0 Å². The highest BCUT2D eigenvalue weighted by Crippen LogP contribution is 2.47. The molecular weight excluding hydrogens is 552 g/mol. The largest absolute Gasteiger partial charge is 0.484 e. The smallest absolute Gasteiger partial charge is 0.415 e. The van der Waals surface area contributed by atoms with Crippen LogP contribution in [0.4, 0.5) is 4.79 Å². The molecule has 0 radical (unpaired) electrons. The molecule has 1 saturated heterocycles. The fourth-order valence-electron chi connectivity index (χ4n) is 5.94. The average Bonchev–Trinajstić information content (AvgIpc) is 3.28. The molecule has 2 amide bonds. The van der Waals surface area contributed by atoms with Crippen LogP contribution in [0.5, 0.6) is 11.5 Å². The van der Waals surface area contributed by atoms with Crippen LogP contribution >= 0.6 is 0 Å². The maximum absolute atomic E-state index is 13.6. The number of rotatable bonds is 11. The van der Waals surface area contributed by atoms with Crippen molar-refractivity contribution in [2.45, 2.75) is 104 Å². The summed E-state index contributed by atoms with van der Waals surface area (Å²) in [5.74, 6) is -0.952. The van der Waals surface area contributed by atoms with Crippen molar-refractivity contribution >= 4 is 18.0 Å². The molecule has 0 bridgehead atoms. The number of carboxylic acid groups (broad SMARTS) is 1. The van der Waals surface area contributed by atoms with E-state index in [0.717, 1.165) is 12.8 Å². The van der Waals surface area contributed by atoms with Gasteiger partial charge in [0.1, 0.15) is 23.1 Å². The highest BCUT2D eigenvalue weighted by molar-refractivity contribution is 6.02. The van der Waals surface area contributed by atoms with Gasteiger partial charge in [0.2, 0.25) is 0 Å². The monoisotopic (exact) mass is 598 g/mol. The van der Waals surface area contributed by atoms with E-state index in [9.17, 15) is 24.6 Å². The van der Waals surface area contributed by atoms with Crippen molar-refractivity contribution in [3.05, 3.63) is 46.1 Å². The minimum Gasteiger partial charge on any atom is -0.484 e. The predicted octanol–water partition coefficient (Wildman–Crippen LogP) is 5.25. The summed E-state index contributed by atoms with van der Waals surface area (Å²) in [6.07, 6.45) is 7.17. The Hall–Kier alpha value is -3.37. The van der Waals surface area contributed by atoms with E-state index in [1.165, 1.54) is 27.0 Å². The molecule has 3 atom stereocenters. The van der Waals surface area contributed by atoms with E-state index in [4.69, 9.17) is 14.2 Å². The lowest BCUT2D eigenvalue weighted by Gasteiger charge is -2.41. The fourth-order valence-corrected chi connectivity index (χ4v) is 5.94. The molecule has 43 heavy (non-hydrogen) atoms. The van der Waals surface area contributed by atoms with Gasteiger partial charge in [-0.2, -0.15) is 0 Å². The average molecular weight is 599 g/mol. The highest BCUT2D eigenvalue weighted by atomic mass is 16.6. The third-order valence-corrected chi connectivity index (χ3v) is 8.62. The number of carbonyl (C=O) groups excluding carboxylic acids is 2. The van der Waals surface area contributed by atoms with E-state index in [1.807, 2.05) is 13.8 Å². The Labute approximate surface area is 254 Å². The number of nitrogens with zero attached hydrogens (tertiary/aromatic N) is 2. The minimum absolute atomic E-state index is 0.0701. The third kappa shape index (κ3) is 7.41. The van der Waals surface area contributed by atoms with Crippen molar-refractivity contribution in [1.29, 1.82) is 0 Å². The second-order valence-corrected chi connectivity index (χ2v) is 12.3. The van der Waals surface area contributed by atoms with Crippen LogP contribution in [0.3, 0.4) is 0 Å². The van der Waals surface area contributed by atoms with Crippen molar-refractivity contribution in [3.63, 3.8) is 0 Å². The summed E-state index contributed by atoms with van der Waals surface area (Å²) in [7, 11) is 0. The number of morpholine rings is 1. The zero-order chi connectivity index (χ0) is 31.3. The van der Waals surface area contributed by atoms with Crippen molar-refractivity contribution in [2.24, 2.45) is 0 Å². The van der Waals surface area contributed by atoms with E-state index in [2.05, 4.69) is 32.9 Å². The van der Waals surface area contributed by atoms with Crippen molar-refractivity contribution < 1.29 is 38.8 Å². The molecule has 0 aromatic heterocycles. The first-order valence-electron chi connectivity index (χ1n) is 15.4. The Morgan fingerprint density at radius 1 is 1.16 bits per heavy atom. The van der Waals surface area contributed by atoms with Crippen molar-refractivity contribution in [1.82, 2.24) is 9.80 Å². The first kappa shape index (κ1) is 32.5. The van der Waals surface area contributed by atoms with Crippen molar-refractivity contribution in [3.8, 4) is 11.5 Å². The molecule has 0 spiro atoms. The summed E-state index contributed by atoms with van der Waals surface area (Å²) in [6.45, 7) is 11.7. The van der Waals surface area contributed by atoms with E-state index >= 15 is 0 Å². The Kier molecular flexibility index (Phi) is 10.6. The van der Waals surface area contributed by atoms with Gasteiger partial charge in [0.15, 0.2) is 0 Å².